The zero-order chi connectivity index (χ0) is 17.1. The number of hydrogen-bond acceptors (Lipinski definition) is 4. The standard InChI is InChI=1S/C16H20ClN5O2/c1-11-9-24-14(12-5-3-4-6-13(12)17)8-22(11)16(23)18-7-15-19-10-21(2)20-15/h3-6,10-11,14H,7-9H2,1-2H3,(H,18,23)/t11-,14-/m0/s1. The van der Waals surface area contributed by atoms with Crippen molar-refractivity contribution in [2.45, 2.75) is 25.6 Å². The van der Waals surface area contributed by atoms with Crippen LogP contribution in [0.2, 0.25) is 5.02 Å². The third kappa shape index (κ3) is 3.68. The molecule has 0 bridgehead atoms. The highest BCUT2D eigenvalue weighted by atomic mass is 35.5. The predicted octanol–water partition coefficient (Wildman–Crippen LogP) is 2.14. The first-order valence-electron chi connectivity index (χ1n) is 7.79. The van der Waals surface area contributed by atoms with Crippen LogP contribution in [0.3, 0.4) is 0 Å². The van der Waals surface area contributed by atoms with Crippen molar-refractivity contribution in [1.82, 2.24) is 25.0 Å². The van der Waals surface area contributed by atoms with Crippen molar-refractivity contribution in [3.8, 4) is 0 Å². The number of benzene rings is 1. The summed E-state index contributed by atoms with van der Waals surface area (Å²) in [7, 11) is 1.79. The maximum absolute atomic E-state index is 12.5. The number of aryl methyl sites for hydroxylation is 1. The van der Waals surface area contributed by atoms with Crippen molar-refractivity contribution in [2.75, 3.05) is 13.2 Å². The Kier molecular flexibility index (Phi) is 5.01. The van der Waals surface area contributed by atoms with E-state index in [0.717, 1.165) is 5.56 Å². The van der Waals surface area contributed by atoms with Gasteiger partial charge in [0, 0.05) is 17.6 Å². The van der Waals surface area contributed by atoms with Gasteiger partial charge in [-0.15, -0.1) is 0 Å². The molecule has 1 aliphatic heterocycles. The van der Waals surface area contributed by atoms with Gasteiger partial charge in [0.2, 0.25) is 0 Å². The van der Waals surface area contributed by atoms with Crippen LogP contribution in [0.1, 0.15) is 24.4 Å². The van der Waals surface area contributed by atoms with Gasteiger partial charge in [-0.2, -0.15) is 5.10 Å². The lowest BCUT2D eigenvalue weighted by molar-refractivity contribution is -0.0427. The highest BCUT2D eigenvalue weighted by Gasteiger charge is 2.31. The van der Waals surface area contributed by atoms with E-state index in [1.54, 1.807) is 23.0 Å². The van der Waals surface area contributed by atoms with E-state index in [2.05, 4.69) is 15.4 Å². The van der Waals surface area contributed by atoms with Crippen LogP contribution in [-0.4, -0.2) is 44.9 Å². The highest BCUT2D eigenvalue weighted by Crippen LogP contribution is 2.29. The number of hydrogen-bond donors (Lipinski definition) is 1. The second kappa shape index (κ2) is 7.19. The van der Waals surface area contributed by atoms with E-state index in [0.29, 0.717) is 30.5 Å². The Morgan fingerprint density at radius 1 is 1.46 bits per heavy atom. The van der Waals surface area contributed by atoms with Crippen LogP contribution in [-0.2, 0) is 18.3 Å². The first-order valence-corrected chi connectivity index (χ1v) is 8.17. The molecule has 1 aromatic carbocycles. The summed E-state index contributed by atoms with van der Waals surface area (Å²) >= 11 is 6.25. The van der Waals surface area contributed by atoms with Gasteiger partial charge >= 0.3 is 6.03 Å². The molecule has 128 valence electrons. The lowest BCUT2D eigenvalue weighted by Crippen LogP contribution is -2.52. The monoisotopic (exact) mass is 349 g/mol. The average Bonchev–Trinajstić information content (AvgIpc) is 2.99. The molecule has 1 saturated heterocycles. The van der Waals surface area contributed by atoms with E-state index in [-0.39, 0.29) is 18.2 Å². The van der Waals surface area contributed by atoms with Crippen molar-refractivity contribution < 1.29 is 9.53 Å². The molecule has 0 radical (unpaired) electrons. The molecule has 2 heterocycles. The van der Waals surface area contributed by atoms with Crippen LogP contribution in [0.25, 0.3) is 0 Å². The lowest BCUT2D eigenvalue weighted by atomic mass is 10.1. The molecule has 2 atom stereocenters. The van der Waals surface area contributed by atoms with Gasteiger partial charge in [0.1, 0.15) is 12.4 Å². The molecule has 0 saturated carbocycles. The van der Waals surface area contributed by atoms with E-state index < -0.39 is 0 Å². The fourth-order valence-corrected chi connectivity index (χ4v) is 2.94. The van der Waals surface area contributed by atoms with Gasteiger partial charge in [0.25, 0.3) is 0 Å². The first kappa shape index (κ1) is 16.7. The Morgan fingerprint density at radius 2 is 2.25 bits per heavy atom. The van der Waals surface area contributed by atoms with Crippen molar-refractivity contribution in [3.63, 3.8) is 0 Å². The smallest absolute Gasteiger partial charge is 0.318 e. The summed E-state index contributed by atoms with van der Waals surface area (Å²) in [5.41, 5.74) is 0.898. The molecule has 2 aromatic rings. The number of urea groups is 1. The molecule has 7 nitrogen and oxygen atoms in total. The summed E-state index contributed by atoms with van der Waals surface area (Å²) in [6, 6.07) is 7.38. The van der Waals surface area contributed by atoms with Crippen LogP contribution >= 0.6 is 11.6 Å². The van der Waals surface area contributed by atoms with E-state index >= 15 is 0 Å². The Balaban J connectivity index is 1.65. The summed E-state index contributed by atoms with van der Waals surface area (Å²) in [5, 5.41) is 7.66. The molecule has 0 spiro atoms. The summed E-state index contributed by atoms with van der Waals surface area (Å²) in [6.45, 7) is 3.17. The number of rotatable bonds is 3. The number of ether oxygens (including phenoxy) is 1. The van der Waals surface area contributed by atoms with E-state index in [4.69, 9.17) is 16.3 Å². The predicted molar refractivity (Wildman–Crippen MR) is 89.6 cm³/mol. The zero-order valence-corrected chi connectivity index (χ0v) is 14.4. The molecular formula is C16H20ClN5O2. The summed E-state index contributed by atoms with van der Waals surface area (Å²) in [6.07, 6.45) is 1.38. The van der Waals surface area contributed by atoms with Gasteiger partial charge in [-0.05, 0) is 13.0 Å². The van der Waals surface area contributed by atoms with Gasteiger partial charge in [-0.25, -0.2) is 9.78 Å². The van der Waals surface area contributed by atoms with Crippen molar-refractivity contribution >= 4 is 17.6 Å². The summed E-state index contributed by atoms with van der Waals surface area (Å²) in [4.78, 5) is 18.4. The second-order valence-electron chi connectivity index (χ2n) is 5.84. The first-order chi connectivity index (χ1) is 11.5. The zero-order valence-electron chi connectivity index (χ0n) is 13.6. The minimum absolute atomic E-state index is 0.0135. The molecule has 8 heteroatoms. The maximum atomic E-state index is 12.5. The minimum Gasteiger partial charge on any atom is -0.369 e. The molecule has 1 fully saturated rings. The number of morpholine rings is 1. The third-order valence-corrected chi connectivity index (χ3v) is 4.34. The molecule has 1 N–H and O–H groups in total. The van der Waals surface area contributed by atoms with Gasteiger partial charge in [-0.3, -0.25) is 4.68 Å². The van der Waals surface area contributed by atoms with Gasteiger partial charge in [0.15, 0.2) is 5.82 Å². The van der Waals surface area contributed by atoms with Crippen molar-refractivity contribution in [3.05, 3.63) is 47.0 Å². The Morgan fingerprint density at radius 3 is 2.96 bits per heavy atom. The van der Waals surface area contributed by atoms with Crippen molar-refractivity contribution in [1.29, 1.82) is 0 Å². The summed E-state index contributed by atoms with van der Waals surface area (Å²) in [5.74, 6) is 0.578. The Labute approximate surface area is 145 Å². The molecule has 3 rings (SSSR count). The number of halogens is 1. The number of nitrogens with zero attached hydrogens (tertiary/aromatic N) is 4. The topological polar surface area (TPSA) is 72.3 Å². The molecule has 24 heavy (non-hydrogen) atoms. The molecule has 1 aliphatic rings. The second-order valence-corrected chi connectivity index (χ2v) is 6.25. The maximum Gasteiger partial charge on any atom is 0.318 e. The Hall–Kier alpha value is -2.12. The van der Waals surface area contributed by atoms with Gasteiger partial charge in [-0.1, -0.05) is 29.8 Å². The van der Waals surface area contributed by atoms with E-state index in [9.17, 15) is 4.79 Å². The number of aromatic nitrogens is 3. The van der Waals surface area contributed by atoms with Crippen LogP contribution in [0, 0.1) is 0 Å². The normalized spacial score (nSPS) is 20.9. The number of amides is 2. The largest absolute Gasteiger partial charge is 0.369 e. The lowest BCUT2D eigenvalue weighted by Gasteiger charge is -2.38. The Bertz CT molecular complexity index is 720. The number of carbonyl (C=O) groups excluding carboxylic acids is 1. The van der Waals surface area contributed by atoms with Crippen molar-refractivity contribution in [2.24, 2.45) is 7.05 Å². The van der Waals surface area contributed by atoms with E-state index in [1.165, 1.54) is 0 Å². The van der Waals surface area contributed by atoms with Crippen LogP contribution in [0.4, 0.5) is 4.79 Å². The summed E-state index contributed by atoms with van der Waals surface area (Å²) < 4.78 is 7.47. The van der Waals surface area contributed by atoms with Crippen LogP contribution in [0.5, 0.6) is 0 Å². The van der Waals surface area contributed by atoms with Gasteiger partial charge in [0.05, 0.1) is 25.7 Å². The fraction of sp³-hybridized carbons (Fsp3) is 0.438. The van der Waals surface area contributed by atoms with E-state index in [1.807, 2.05) is 31.2 Å². The molecule has 1 aromatic heterocycles. The highest BCUT2D eigenvalue weighted by molar-refractivity contribution is 6.31. The molecule has 2 amide bonds. The SMILES string of the molecule is C[C@H]1CO[C@H](c2ccccc2Cl)CN1C(=O)NCc1ncn(C)n1. The quantitative estimate of drug-likeness (QED) is 0.921. The molecule has 0 aliphatic carbocycles. The fourth-order valence-electron chi connectivity index (χ4n) is 2.69. The minimum atomic E-state index is -0.228. The number of nitrogens with one attached hydrogen (secondary N) is 1. The average molecular weight is 350 g/mol. The van der Waals surface area contributed by atoms with Crippen LogP contribution in [0.15, 0.2) is 30.6 Å². The molecule has 0 unspecified atom stereocenters. The number of carbonyl (C=O) groups is 1. The third-order valence-electron chi connectivity index (χ3n) is 3.99. The molecular weight excluding hydrogens is 330 g/mol. The van der Waals surface area contributed by atoms with Crippen LogP contribution < -0.4 is 5.32 Å². The van der Waals surface area contributed by atoms with Gasteiger partial charge < -0.3 is 15.0 Å².